The van der Waals surface area contributed by atoms with Crippen LogP contribution in [0.25, 0.3) is 0 Å². The van der Waals surface area contributed by atoms with Crippen LogP contribution in [-0.2, 0) is 19.3 Å². The zero-order valence-electron chi connectivity index (χ0n) is 11.8. The van der Waals surface area contributed by atoms with Crippen molar-refractivity contribution >= 4 is 5.69 Å². The Morgan fingerprint density at radius 2 is 1.58 bits per heavy atom. The van der Waals surface area contributed by atoms with Gasteiger partial charge in [-0.25, -0.2) is 0 Å². The number of para-hydroxylation sites is 1. The van der Waals surface area contributed by atoms with Crippen LogP contribution in [0.5, 0.6) is 0 Å². The van der Waals surface area contributed by atoms with E-state index in [1.807, 2.05) is 12.4 Å². The highest BCUT2D eigenvalue weighted by atomic mass is 14.9. The molecule has 0 radical (unpaired) electrons. The van der Waals surface area contributed by atoms with Crippen molar-refractivity contribution in [3.63, 3.8) is 0 Å². The highest BCUT2D eigenvalue weighted by Crippen LogP contribution is 2.22. The first kappa shape index (κ1) is 13.6. The molecule has 0 aliphatic carbocycles. The van der Waals surface area contributed by atoms with Gasteiger partial charge >= 0.3 is 0 Å². The van der Waals surface area contributed by atoms with Gasteiger partial charge in [-0.05, 0) is 48.1 Å². The van der Waals surface area contributed by atoms with Gasteiger partial charge in [-0.1, -0.05) is 32.0 Å². The third kappa shape index (κ3) is 3.57. The minimum atomic E-state index is 0.966. The van der Waals surface area contributed by atoms with Crippen molar-refractivity contribution < 1.29 is 0 Å². The molecule has 0 aliphatic rings. The molecule has 1 N–H and O–H groups in total. The minimum absolute atomic E-state index is 0.966. The molecule has 0 aliphatic heterocycles. The molecule has 0 saturated heterocycles. The predicted molar refractivity (Wildman–Crippen MR) is 81.6 cm³/mol. The molecule has 2 heteroatoms. The van der Waals surface area contributed by atoms with E-state index in [1.54, 1.807) is 0 Å². The maximum atomic E-state index is 4.05. The van der Waals surface area contributed by atoms with Crippen LogP contribution in [0.4, 0.5) is 5.69 Å². The zero-order chi connectivity index (χ0) is 13.5. The third-order valence-electron chi connectivity index (χ3n) is 3.46. The smallest absolute Gasteiger partial charge is 0.0405 e. The molecule has 1 aromatic heterocycles. The standard InChI is InChI=1S/C17H22N2/c1-3-15-6-5-7-16(4-2)17(15)19-13-10-14-8-11-18-12-9-14/h5-9,11-12,19H,3-4,10,13H2,1-2H3. The summed E-state index contributed by atoms with van der Waals surface area (Å²) in [6.45, 7) is 5.39. The lowest BCUT2D eigenvalue weighted by Crippen LogP contribution is -2.09. The summed E-state index contributed by atoms with van der Waals surface area (Å²) in [5.41, 5.74) is 5.49. The number of aromatic nitrogens is 1. The summed E-state index contributed by atoms with van der Waals surface area (Å²) in [5.74, 6) is 0. The van der Waals surface area contributed by atoms with Gasteiger partial charge in [-0.3, -0.25) is 4.98 Å². The van der Waals surface area contributed by atoms with Gasteiger partial charge in [0.2, 0.25) is 0 Å². The molecule has 0 saturated carbocycles. The van der Waals surface area contributed by atoms with Crippen LogP contribution in [-0.4, -0.2) is 11.5 Å². The quantitative estimate of drug-likeness (QED) is 0.846. The van der Waals surface area contributed by atoms with Crippen LogP contribution in [0, 0.1) is 0 Å². The van der Waals surface area contributed by atoms with E-state index in [4.69, 9.17) is 0 Å². The normalized spacial score (nSPS) is 10.4. The Labute approximate surface area is 115 Å². The lowest BCUT2D eigenvalue weighted by Gasteiger charge is -2.15. The van der Waals surface area contributed by atoms with E-state index in [2.05, 4.69) is 54.5 Å². The van der Waals surface area contributed by atoms with Crippen molar-refractivity contribution in [2.75, 3.05) is 11.9 Å². The van der Waals surface area contributed by atoms with Crippen LogP contribution in [0.2, 0.25) is 0 Å². The monoisotopic (exact) mass is 254 g/mol. The second-order valence-corrected chi connectivity index (χ2v) is 4.69. The van der Waals surface area contributed by atoms with Crippen LogP contribution in [0.15, 0.2) is 42.7 Å². The number of nitrogens with zero attached hydrogens (tertiary/aromatic N) is 1. The number of pyridine rings is 1. The first-order valence-electron chi connectivity index (χ1n) is 7.08. The SMILES string of the molecule is CCc1cccc(CC)c1NCCc1ccncc1. The fourth-order valence-corrected chi connectivity index (χ4v) is 2.35. The predicted octanol–water partition coefficient (Wildman–Crippen LogP) is 3.86. The molecule has 0 fully saturated rings. The molecule has 0 amide bonds. The maximum Gasteiger partial charge on any atom is 0.0405 e. The molecule has 1 aromatic carbocycles. The van der Waals surface area contributed by atoms with Crippen LogP contribution >= 0.6 is 0 Å². The molecule has 2 rings (SSSR count). The van der Waals surface area contributed by atoms with Gasteiger partial charge in [-0.2, -0.15) is 0 Å². The largest absolute Gasteiger partial charge is 0.384 e. The van der Waals surface area contributed by atoms with Crippen LogP contribution < -0.4 is 5.32 Å². The summed E-state index contributed by atoms with van der Waals surface area (Å²) in [6.07, 6.45) is 6.89. The highest BCUT2D eigenvalue weighted by molar-refractivity contribution is 5.57. The molecule has 19 heavy (non-hydrogen) atoms. The van der Waals surface area contributed by atoms with Crippen molar-refractivity contribution in [2.24, 2.45) is 0 Å². The fourth-order valence-electron chi connectivity index (χ4n) is 2.35. The van der Waals surface area contributed by atoms with E-state index in [0.717, 1.165) is 25.8 Å². The molecular weight excluding hydrogens is 232 g/mol. The number of anilines is 1. The van der Waals surface area contributed by atoms with Gasteiger partial charge < -0.3 is 5.32 Å². The van der Waals surface area contributed by atoms with Crippen molar-refractivity contribution in [3.05, 3.63) is 59.4 Å². The van der Waals surface area contributed by atoms with Gasteiger partial charge in [0.05, 0.1) is 0 Å². The van der Waals surface area contributed by atoms with Gasteiger partial charge in [0.15, 0.2) is 0 Å². The Bertz CT molecular complexity index is 484. The summed E-state index contributed by atoms with van der Waals surface area (Å²) >= 11 is 0. The average Bonchev–Trinajstić information content (AvgIpc) is 2.48. The molecule has 0 spiro atoms. The van der Waals surface area contributed by atoms with Gasteiger partial charge in [0.25, 0.3) is 0 Å². The molecule has 0 atom stereocenters. The van der Waals surface area contributed by atoms with E-state index in [1.165, 1.54) is 22.4 Å². The number of aryl methyl sites for hydroxylation is 2. The second-order valence-electron chi connectivity index (χ2n) is 4.69. The topological polar surface area (TPSA) is 24.9 Å². The van der Waals surface area contributed by atoms with E-state index < -0.39 is 0 Å². The molecule has 2 nitrogen and oxygen atoms in total. The fraction of sp³-hybridized carbons (Fsp3) is 0.353. The zero-order valence-corrected chi connectivity index (χ0v) is 11.8. The Morgan fingerprint density at radius 1 is 0.947 bits per heavy atom. The number of benzene rings is 1. The van der Waals surface area contributed by atoms with E-state index in [-0.39, 0.29) is 0 Å². The average molecular weight is 254 g/mol. The van der Waals surface area contributed by atoms with Crippen molar-refractivity contribution in [3.8, 4) is 0 Å². The van der Waals surface area contributed by atoms with Gasteiger partial charge in [0.1, 0.15) is 0 Å². The number of nitrogens with one attached hydrogen (secondary N) is 1. The first-order chi connectivity index (χ1) is 9.35. The molecule has 1 heterocycles. The van der Waals surface area contributed by atoms with E-state index >= 15 is 0 Å². The molecular formula is C17H22N2. The Hall–Kier alpha value is -1.83. The summed E-state index contributed by atoms with van der Waals surface area (Å²) in [7, 11) is 0. The Morgan fingerprint density at radius 3 is 2.16 bits per heavy atom. The lowest BCUT2D eigenvalue weighted by atomic mass is 10.0. The number of hydrogen-bond acceptors (Lipinski definition) is 2. The number of hydrogen-bond donors (Lipinski definition) is 1. The minimum Gasteiger partial charge on any atom is -0.384 e. The molecule has 0 bridgehead atoms. The highest BCUT2D eigenvalue weighted by Gasteiger charge is 2.05. The van der Waals surface area contributed by atoms with E-state index in [0.29, 0.717) is 0 Å². The summed E-state index contributed by atoms with van der Waals surface area (Å²) in [4.78, 5) is 4.05. The summed E-state index contributed by atoms with van der Waals surface area (Å²) < 4.78 is 0. The van der Waals surface area contributed by atoms with E-state index in [9.17, 15) is 0 Å². The van der Waals surface area contributed by atoms with Crippen LogP contribution in [0.3, 0.4) is 0 Å². The Balaban J connectivity index is 2.02. The van der Waals surface area contributed by atoms with Crippen molar-refractivity contribution in [1.29, 1.82) is 0 Å². The third-order valence-corrected chi connectivity index (χ3v) is 3.46. The lowest BCUT2D eigenvalue weighted by molar-refractivity contribution is 0.989. The van der Waals surface area contributed by atoms with Gasteiger partial charge in [0, 0.05) is 24.6 Å². The molecule has 100 valence electrons. The second kappa shape index (κ2) is 6.93. The molecule has 2 aromatic rings. The first-order valence-corrected chi connectivity index (χ1v) is 7.08. The van der Waals surface area contributed by atoms with Gasteiger partial charge in [-0.15, -0.1) is 0 Å². The van der Waals surface area contributed by atoms with Crippen molar-refractivity contribution in [1.82, 2.24) is 4.98 Å². The number of rotatable bonds is 6. The molecule has 0 unspecified atom stereocenters. The van der Waals surface area contributed by atoms with Crippen molar-refractivity contribution in [2.45, 2.75) is 33.1 Å². The summed E-state index contributed by atoms with van der Waals surface area (Å²) in [6, 6.07) is 10.7. The van der Waals surface area contributed by atoms with Crippen LogP contribution in [0.1, 0.15) is 30.5 Å². The maximum absolute atomic E-state index is 4.05. The Kier molecular flexibility index (Phi) is 4.96. The summed E-state index contributed by atoms with van der Waals surface area (Å²) in [5, 5.41) is 3.61.